The molecule has 8 nitrogen and oxygen atoms in total. The van der Waals surface area contributed by atoms with Crippen molar-refractivity contribution >= 4 is 33.2 Å². The van der Waals surface area contributed by atoms with Crippen LogP contribution in [0.2, 0.25) is 5.02 Å². The minimum atomic E-state index is -3.59. The van der Waals surface area contributed by atoms with Crippen molar-refractivity contribution in [3.8, 4) is 5.69 Å². The smallest absolute Gasteiger partial charge is 0.280 e. The molecule has 33 heavy (non-hydrogen) atoms. The van der Waals surface area contributed by atoms with Gasteiger partial charge in [0.05, 0.1) is 10.6 Å². The lowest BCUT2D eigenvalue weighted by molar-refractivity contribution is 0.101. The van der Waals surface area contributed by atoms with Crippen molar-refractivity contribution in [2.24, 2.45) is 5.92 Å². The molecule has 1 aliphatic rings. The SMILES string of the molecule is C[C@@H]1CCCN(S(=O)(=O)c2ccc(NC(=O)c3nn(-c4cccc(Cl)c4)ccc3=O)cc2)C1. The lowest BCUT2D eigenvalue weighted by Gasteiger charge is -2.30. The van der Waals surface area contributed by atoms with E-state index in [1.807, 2.05) is 6.92 Å². The highest BCUT2D eigenvalue weighted by atomic mass is 35.5. The summed E-state index contributed by atoms with van der Waals surface area (Å²) in [6.45, 7) is 3.04. The predicted molar refractivity (Wildman–Crippen MR) is 126 cm³/mol. The Hall–Kier alpha value is -3.01. The molecule has 10 heteroatoms. The zero-order valence-electron chi connectivity index (χ0n) is 17.9. The molecule has 1 saturated heterocycles. The highest BCUT2D eigenvalue weighted by molar-refractivity contribution is 7.89. The van der Waals surface area contributed by atoms with Gasteiger partial charge in [-0.05, 0) is 61.2 Å². The van der Waals surface area contributed by atoms with Gasteiger partial charge in [-0.2, -0.15) is 9.40 Å². The number of hydrogen-bond donors (Lipinski definition) is 1. The van der Waals surface area contributed by atoms with Crippen LogP contribution in [-0.4, -0.2) is 41.5 Å². The van der Waals surface area contributed by atoms with Crippen molar-refractivity contribution in [2.75, 3.05) is 18.4 Å². The van der Waals surface area contributed by atoms with Gasteiger partial charge >= 0.3 is 0 Å². The first kappa shape index (κ1) is 23.2. The van der Waals surface area contributed by atoms with E-state index in [0.717, 1.165) is 12.8 Å². The zero-order valence-corrected chi connectivity index (χ0v) is 19.5. The van der Waals surface area contributed by atoms with E-state index in [1.165, 1.54) is 45.5 Å². The molecule has 2 aromatic carbocycles. The van der Waals surface area contributed by atoms with Crippen molar-refractivity contribution in [3.63, 3.8) is 0 Å². The largest absolute Gasteiger partial charge is 0.320 e. The molecular formula is C23H23ClN4O4S. The molecule has 1 amide bonds. The third-order valence-corrected chi connectivity index (χ3v) is 7.58. The molecule has 0 bridgehead atoms. The predicted octanol–water partition coefficient (Wildman–Crippen LogP) is 3.56. The number of nitrogens with one attached hydrogen (secondary N) is 1. The van der Waals surface area contributed by atoms with E-state index >= 15 is 0 Å². The van der Waals surface area contributed by atoms with Crippen LogP contribution in [0.5, 0.6) is 0 Å². The van der Waals surface area contributed by atoms with Gasteiger partial charge in [-0.15, -0.1) is 0 Å². The molecule has 1 aliphatic heterocycles. The lowest BCUT2D eigenvalue weighted by atomic mass is 10.0. The van der Waals surface area contributed by atoms with Crippen molar-refractivity contribution in [1.29, 1.82) is 0 Å². The molecule has 0 saturated carbocycles. The Kier molecular flexibility index (Phi) is 6.64. The Morgan fingerprint density at radius 2 is 1.91 bits per heavy atom. The Morgan fingerprint density at radius 1 is 1.15 bits per heavy atom. The van der Waals surface area contributed by atoms with Gasteiger partial charge in [0.15, 0.2) is 5.69 Å². The molecule has 0 unspecified atom stereocenters. The van der Waals surface area contributed by atoms with Gasteiger partial charge in [0.2, 0.25) is 15.5 Å². The van der Waals surface area contributed by atoms with Crippen LogP contribution in [0, 0.1) is 5.92 Å². The Labute approximate surface area is 196 Å². The molecule has 0 aliphatic carbocycles. The van der Waals surface area contributed by atoms with Gasteiger partial charge in [-0.1, -0.05) is 24.6 Å². The van der Waals surface area contributed by atoms with E-state index in [2.05, 4.69) is 10.4 Å². The van der Waals surface area contributed by atoms with Gasteiger partial charge in [0.25, 0.3) is 5.91 Å². The summed E-state index contributed by atoms with van der Waals surface area (Å²) in [4.78, 5) is 25.1. The quantitative estimate of drug-likeness (QED) is 0.594. The summed E-state index contributed by atoms with van der Waals surface area (Å²) in [5, 5.41) is 7.23. The molecule has 3 aromatic rings. The van der Waals surface area contributed by atoms with Crippen LogP contribution in [-0.2, 0) is 10.0 Å². The fraction of sp³-hybridized carbons (Fsp3) is 0.261. The maximum atomic E-state index is 12.9. The third kappa shape index (κ3) is 5.16. The van der Waals surface area contributed by atoms with E-state index in [-0.39, 0.29) is 10.6 Å². The van der Waals surface area contributed by atoms with Gasteiger partial charge in [-0.25, -0.2) is 13.1 Å². The van der Waals surface area contributed by atoms with Gasteiger partial charge in [0.1, 0.15) is 0 Å². The Bertz CT molecular complexity index is 1340. The first-order chi connectivity index (χ1) is 15.7. The summed E-state index contributed by atoms with van der Waals surface area (Å²) in [6, 6.07) is 14.0. The average Bonchev–Trinajstić information content (AvgIpc) is 2.79. The molecule has 4 rings (SSSR count). The number of nitrogens with zero attached hydrogens (tertiary/aromatic N) is 3. The Balaban J connectivity index is 1.52. The summed E-state index contributed by atoms with van der Waals surface area (Å²) in [6.07, 6.45) is 3.31. The van der Waals surface area contributed by atoms with Gasteiger partial charge in [0, 0.05) is 36.1 Å². The molecule has 172 valence electrons. The number of aromatic nitrogens is 2. The molecule has 2 heterocycles. The second-order valence-electron chi connectivity index (χ2n) is 8.04. The van der Waals surface area contributed by atoms with Gasteiger partial charge < -0.3 is 5.32 Å². The first-order valence-corrected chi connectivity index (χ1v) is 12.3. The zero-order chi connectivity index (χ0) is 23.6. The molecule has 1 aromatic heterocycles. The van der Waals surface area contributed by atoms with E-state index in [4.69, 9.17) is 11.6 Å². The second-order valence-corrected chi connectivity index (χ2v) is 10.4. The summed E-state index contributed by atoms with van der Waals surface area (Å²) in [5.41, 5.74) is 0.115. The van der Waals surface area contributed by atoms with Gasteiger partial charge in [-0.3, -0.25) is 9.59 Å². The molecular weight excluding hydrogens is 464 g/mol. The third-order valence-electron chi connectivity index (χ3n) is 5.47. The number of amides is 1. The highest BCUT2D eigenvalue weighted by Crippen LogP contribution is 2.24. The number of sulfonamides is 1. The minimum Gasteiger partial charge on any atom is -0.320 e. The number of halogens is 1. The normalized spacial score (nSPS) is 17.0. The Morgan fingerprint density at radius 3 is 2.61 bits per heavy atom. The lowest BCUT2D eigenvalue weighted by Crippen LogP contribution is -2.39. The van der Waals surface area contributed by atoms with Crippen LogP contribution >= 0.6 is 11.6 Å². The van der Waals surface area contributed by atoms with Crippen LogP contribution in [0.4, 0.5) is 5.69 Å². The van der Waals surface area contributed by atoms with E-state index < -0.39 is 21.4 Å². The monoisotopic (exact) mass is 486 g/mol. The fourth-order valence-electron chi connectivity index (χ4n) is 3.74. The number of hydrogen-bond acceptors (Lipinski definition) is 5. The van der Waals surface area contributed by atoms with E-state index in [9.17, 15) is 18.0 Å². The number of anilines is 1. The first-order valence-electron chi connectivity index (χ1n) is 10.5. The van der Waals surface area contributed by atoms with Crippen LogP contribution in [0.25, 0.3) is 5.69 Å². The van der Waals surface area contributed by atoms with Crippen LogP contribution in [0.15, 0.2) is 70.5 Å². The van der Waals surface area contributed by atoms with E-state index in [0.29, 0.717) is 35.4 Å². The standard InChI is InChI=1S/C23H23ClN4O4S/c1-16-4-3-12-27(15-16)33(31,32)20-9-7-18(8-10-20)25-23(30)22-21(29)11-13-28(26-22)19-6-2-5-17(24)14-19/h2,5-11,13-14,16H,3-4,12,15H2,1H3,(H,25,30)/t16-/m1/s1. The van der Waals surface area contributed by atoms with Crippen LogP contribution in [0.1, 0.15) is 30.3 Å². The maximum Gasteiger partial charge on any atom is 0.280 e. The molecule has 1 fully saturated rings. The van der Waals surface area contributed by atoms with Crippen molar-refractivity contribution in [1.82, 2.24) is 14.1 Å². The highest BCUT2D eigenvalue weighted by Gasteiger charge is 2.28. The number of benzene rings is 2. The van der Waals surface area contributed by atoms with Crippen molar-refractivity contribution < 1.29 is 13.2 Å². The molecule has 0 radical (unpaired) electrons. The average molecular weight is 487 g/mol. The molecule has 0 spiro atoms. The van der Waals surface area contributed by atoms with Crippen LogP contribution < -0.4 is 10.7 Å². The second kappa shape index (κ2) is 9.46. The maximum absolute atomic E-state index is 12.9. The number of piperidine rings is 1. The minimum absolute atomic E-state index is 0.163. The topological polar surface area (TPSA) is 101 Å². The number of carbonyl (C=O) groups excluding carboxylic acids is 1. The number of carbonyl (C=O) groups is 1. The van der Waals surface area contributed by atoms with Crippen LogP contribution in [0.3, 0.4) is 0 Å². The van der Waals surface area contributed by atoms with Crippen molar-refractivity contribution in [3.05, 3.63) is 81.7 Å². The summed E-state index contributed by atoms with van der Waals surface area (Å²) < 4.78 is 28.7. The number of rotatable bonds is 5. The molecule has 1 atom stereocenters. The summed E-state index contributed by atoms with van der Waals surface area (Å²) >= 11 is 6.01. The molecule has 1 N–H and O–H groups in total. The summed E-state index contributed by atoms with van der Waals surface area (Å²) in [5.74, 6) is -0.377. The van der Waals surface area contributed by atoms with E-state index in [1.54, 1.807) is 24.3 Å². The fourth-order valence-corrected chi connectivity index (χ4v) is 5.52. The summed E-state index contributed by atoms with van der Waals surface area (Å²) in [7, 11) is -3.59. The van der Waals surface area contributed by atoms with Crippen molar-refractivity contribution in [2.45, 2.75) is 24.7 Å².